The minimum absolute atomic E-state index is 0.0878. The molecular weight excluding hydrogens is 212 g/mol. The van der Waals surface area contributed by atoms with Gasteiger partial charge in [-0.05, 0) is 36.6 Å². The Balaban J connectivity index is 1.69. The van der Waals surface area contributed by atoms with Crippen molar-refractivity contribution in [3.8, 4) is 0 Å². The molecule has 0 aromatic carbocycles. The van der Waals surface area contributed by atoms with E-state index in [0.717, 1.165) is 23.7 Å². The van der Waals surface area contributed by atoms with Gasteiger partial charge in [-0.15, -0.1) is 0 Å². The zero-order chi connectivity index (χ0) is 10.8. The molecule has 0 radical (unpaired) electrons. The van der Waals surface area contributed by atoms with Crippen LogP contribution in [0.1, 0.15) is 17.7 Å². The lowest BCUT2D eigenvalue weighted by atomic mass is 10.3. The molecule has 1 aromatic heterocycles. The highest BCUT2D eigenvalue weighted by molar-refractivity contribution is 7.98. The van der Waals surface area contributed by atoms with Crippen molar-refractivity contribution in [3.05, 3.63) is 23.7 Å². The first kappa shape index (κ1) is 10.6. The number of furan rings is 1. The summed E-state index contributed by atoms with van der Waals surface area (Å²) < 4.78 is 5.30. The third-order valence-electron chi connectivity index (χ3n) is 2.77. The molecule has 1 fully saturated rings. The Labute approximate surface area is 92.9 Å². The average Bonchev–Trinajstić information content (AvgIpc) is 2.85. The number of aliphatic carboxylic acids is 1. The van der Waals surface area contributed by atoms with Crippen molar-refractivity contribution in [3.63, 3.8) is 0 Å². The monoisotopic (exact) mass is 226 g/mol. The third-order valence-corrected chi connectivity index (χ3v) is 3.90. The lowest BCUT2D eigenvalue weighted by molar-refractivity contribution is -0.138. The Morgan fingerprint density at radius 3 is 3.07 bits per heavy atom. The largest absolute Gasteiger partial charge is 0.481 e. The van der Waals surface area contributed by atoms with Crippen molar-refractivity contribution in [1.29, 1.82) is 0 Å². The molecule has 2 rings (SSSR count). The van der Waals surface area contributed by atoms with E-state index < -0.39 is 5.97 Å². The Kier molecular flexibility index (Phi) is 3.05. The molecule has 4 heteroatoms. The Bertz CT molecular complexity index is 358. The first-order valence-corrected chi connectivity index (χ1v) is 6.17. The molecule has 82 valence electrons. The molecule has 3 nitrogen and oxygen atoms in total. The van der Waals surface area contributed by atoms with E-state index in [-0.39, 0.29) is 5.92 Å². The molecule has 1 saturated carbocycles. The normalized spacial score (nSPS) is 24.1. The fourth-order valence-electron chi connectivity index (χ4n) is 1.59. The molecule has 0 bridgehead atoms. The lowest BCUT2D eigenvalue weighted by Crippen LogP contribution is -2.00. The van der Waals surface area contributed by atoms with Gasteiger partial charge in [-0.3, -0.25) is 4.79 Å². The van der Waals surface area contributed by atoms with Gasteiger partial charge >= 0.3 is 5.97 Å². The summed E-state index contributed by atoms with van der Waals surface area (Å²) in [5, 5.41) is 8.72. The Hall–Kier alpha value is -0.900. The topological polar surface area (TPSA) is 50.4 Å². The van der Waals surface area contributed by atoms with Crippen LogP contribution in [0, 0.1) is 18.8 Å². The molecule has 0 spiro atoms. The van der Waals surface area contributed by atoms with Gasteiger partial charge in [0.1, 0.15) is 5.76 Å². The van der Waals surface area contributed by atoms with Crippen molar-refractivity contribution in [1.82, 2.24) is 0 Å². The van der Waals surface area contributed by atoms with Gasteiger partial charge in [0.05, 0.1) is 17.9 Å². The molecule has 15 heavy (non-hydrogen) atoms. The maximum atomic E-state index is 10.6. The van der Waals surface area contributed by atoms with Gasteiger partial charge in [0.25, 0.3) is 0 Å². The number of carbonyl (C=O) groups is 1. The van der Waals surface area contributed by atoms with E-state index in [9.17, 15) is 4.79 Å². The summed E-state index contributed by atoms with van der Waals surface area (Å²) in [7, 11) is 0. The van der Waals surface area contributed by atoms with Gasteiger partial charge in [-0.25, -0.2) is 0 Å². The van der Waals surface area contributed by atoms with Crippen molar-refractivity contribution in [2.24, 2.45) is 11.8 Å². The van der Waals surface area contributed by atoms with Gasteiger partial charge in [-0.1, -0.05) is 0 Å². The van der Waals surface area contributed by atoms with Crippen LogP contribution in [0.4, 0.5) is 0 Å². The second kappa shape index (κ2) is 4.31. The van der Waals surface area contributed by atoms with Crippen LogP contribution in [0.5, 0.6) is 0 Å². The Morgan fingerprint density at radius 2 is 2.53 bits per heavy atom. The first-order valence-electron chi connectivity index (χ1n) is 5.02. The fourth-order valence-corrected chi connectivity index (χ4v) is 2.86. The summed E-state index contributed by atoms with van der Waals surface area (Å²) in [6.45, 7) is 2.02. The van der Waals surface area contributed by atoms with Crippen molar-refractivity contribution < 1.29 is 14.3 Å². The summed E-state index contributed by atoms with van der Waals surface area (Å²) in [4.78, 5) is 10.6. The number of thioether (sulfide) groups is 1. The van der Waals surface area contributed by atoms with Crippen LogP contribution in [0.2, 0.25) is 0 Å². The number of carboxylic acid groups (broad SMARTS) is 1. The molecular formula is C11H14O3S. The second-order valence-electron chi connectivity index (χ2n) is 3.98. The average molecular weight is 226 g/mol. The van der Waals surface area contributed by atoms with Gasteiger partial charge < -0.3 is 9.52 Å². The molecule has 2 atom stereocenters. The van der Waals surface area contributed by atoms with Crippen LogP contribution in [-0.4, -0.2) is 16.8 Å². The number of aryl methyl sites for hydroxylation is 1. The predicted molar refractivity (Wildman–Crippen MR) is 58.8 cm³/mol. The summed E-state index contributed by atoms with van der Waals surface area (Å²) in [5.74, 6) is 2.43. The molecule has 2 unspecified atom stereocenters. The van der Waals surface area contributed by atoms with Crippen LogP contribution in [0.3, 0.4) is 0 Å². The minimum atomic E-state index is -0.644. The van der Waals surface area contributed by atoms with Crippen molar-refractivity contribution >= 4 is 17.7 Å². The maximum Gasteiger partial charge on any atom is 0.306 e. The Morgan fingerprint density at radius 1 is 1.73 bits per heavy atom. The van der Waals surface area contributed by atoms with E-state index >= 15 is 0 Å². The van der Waals surface area contributed by atoms with Gasteiger partial charge in [0.2, 0.25) is 0 Å². The van der Waals surface area contributed by atoms with Gasteiger partial charge in [-0.2, -0.15) is 11.8 Å². The minimum Gasteiger partial charge on any atom is -0.481 e. The summed E-state index contributed by atoms with van der Waals surface area (Å²) in [6.07, 6.45) is 2.54. The smallest absolute Gasteiger partial charge is 0.306 e. The quantitative estimate of drug-likeness (QED) is 0.838. The molecule has 1 aliphatic carbocycles. The van der Waals surface area contributed by atoms with E-state index in [4.69, 9.17) is 9.52 Å². The summed E-state index contributed by atoms with van der Waals surface area (Å²) >= 11 is 1.76. The van der Waals surface area contributed by atoms with E-state index in [1.807, 2.05) is 13.0 Å². The zero-order valence-corrected chi connectivity index (χ0v) is 9.42. The predicted octanol–water partition coefficient (Wildman–Crippen LogP) is 2.54. The third kappa shape index (κ3) is 2.56. The van der Waals surface area contributed by atoms with E-state index in [1.165, 1.54) is 5.56 Å². The highest BCUT2D eigenvalue weighted by Crippen LogP contribution is 2.41. The number of carboxylic acids is 1. The SMILES string of the molecule is Cc1ccoc1CSCC1CC1C(=O)O. The van der Waals surface area contributed by atoms with E-state index in [1.54, 1.807) is 18.0 Å². The molecule has 0 amide bonds. The number of hydrogen-bond donors (Lipinski definition) is 1. The summed E-state index contributed by atoms with van der Waals surface area (Å²) in [5.41, 5.74) is 1.17. The number of rotatable bonds is 5. The highest BCUT2D eigenvalue weighted by atomic mass is 32.2. The second-order valence-corrected chi connectivity index (χ2v) is 5.01. The van der Waals surface area contributed by atoms with Crippen LogP contribution < -0.4 is 0 Å². The summed E-state index contributed by atoms with van der Waals surface area (Å²) in [6, 6.07) is 1.95. The number of hydrogen-bond acceptors (Lipinski definition) is 3. The molecule has 1 aromatic rings. The molecule has 1 heterocycles. The van der Waals surface area contributed by atoms with Crippen LogP contribution >= 0.6 is 11.8 Å². The highest BCUT2D eigenvalue weighted by Gasteiger charge is 2.42. The van der Waals surface area contributed by atoms with E-state index in [0.29, 0.717) is 5.92 Å². The van der Waals surface area contributed by atoms with Crippen LogP contribution in [-0.2, 0) is 10.5 Å². The zero-order valence-electron chi connectivity index (χ0n) is 8.60. The first-order chi connectivity index (χ1) is 7.18. The van der Waals surface area contributed by atoms with E-state index in [2.05, 4.69) is 0 Å². The lowest BCUT2D eigenvalue weighted by Gasteiger charge is -1.98. The maximum absolute atomic E-state index is 10.6. The molecule has 0 saturated heterocycles. The van der Waals surface area contributed by atoms with Crippen molar-refractivity contribution in [2.75, 3.05) is 5.75 Å². The molecule has 1 aliphatic rings. The van der Waals surface area contributed by atoms with Crippen LogP contribution in [0.15, 0.2) is 16.7 Å². The molecule has 0 aliphatic heterocycles. The standard InChI is InChI=1S/C11H14O3S/c1-7-2-3-14-10(7)6-15-5-8-4-9(8)11(12)13/h2-3,8-9H,4-6H2,1H3,(H,12,13). The fraction of sp³-hybridized carbons (Fsp3) is 0.545. The van der Waals surface area contributed by atoms with Crippen molar-refractivity contribution in [2.45, 2.75) is 19.1 Å². The van der Waals surface area contributed by atoms with Crippen LogP contribution in [0.25, 0.3) is 0 Å². The van der Waals surface area contributed by atoms with Gasteiger partial charge in [0.15, 0.2) is 0 Å². The van der Waals surface area contributed by atoms with Gasteiger partial charge in [0, 0.05) is 0 Å². The molecule has 1 N–H and O–H groups in total.